The van der Waals surface area contributed by atoms with Crippen LogP contribution in [0.25, 0.3) is 0 Å². The molecule has 0 saturated heterocycles. The maximum absolute atomic E-state index is 11.6. The highest BCUT2D eigenvalue weighted by Gasteiger charge is 2.24. The standard InChI is InChI=1S/C15H23N3O/c1-2-18(11-7-4-3-5-8-11)14-12(15(17)19)9-6-10-13(14)16/h6,9-11H,2-5,7-8,16H2,1H3,(H2,17,19). The predicted octanol–water partition coefficient (Wildman–Crippen LogP) is 2.53. The fraction of sp³-hybridized carbons (Fsp3) is 0.533. The van der Waals surface area contributed by atoms with E-state index in [1.165, 1.54) is 32.1 Å². The minimum atomic E-state index is -0.406. The monoisotopic (exact) mass is 261 g/mol. The number of para-hydroxylation sites is 1. The Morgan fingerprint density at radius 3 is 2.58 bits per heavy atom. The van der Waals surface area contributed by atoms with Gasteiger partial charge in [0.15, 0.2) is 0 Å². The van der Waals surface area contributed by atoms with Crippen LogP contribution < -0.4 is 16.4 Å². The maximum Gasteiger partial charge on any atom is 0.250 e. The van der Waals surface area contributed by atoms with E-state index >= 15 is 0 Å². The van der Waals surface area contributed by atoms with Gasteiger partial charge in [-0.3, -0.25) is 4.79 Å². The summed E-state index contributed by atoms with van der Waals surface area (Å²) in [4.78, 5) is 13.9. The van der Waals surface area contributed by atoms with Crippen LogP contribution >= 0.6 is 0 Å². The number of amides is 1. The summed E-state index contributed by atoms with van der Waals surface area (Å²) in [5, 5.41) is 0. The zero-order valence-electron chi connectivity index (χ0n) is 11.6. The number of rotatable bonds is 4. The summed E-state index contributed by atoms with van der Waals surface area (Å²) in [5.41, 5.74) is 13.6. The van der Waals surface area contributed by atoms with Gasteiger partial charge in [-0.2, -0.15) is 0 Å². The zero-order chi connectivity index (χ0) is 13.8. The molecule has 1 fully saturated rings. The molecule has 4 nitrogen and oxygen atoms in total. The molecule has 1 amide bonds. The van der Waals surface area contributed by atoms with Gasteiger partial charge in [0.1, 0.15) is 0 Å². The molecule has 19 heavy (non-hydrogen) atoms. The Kier molecular flexibility index (Phi) is 4.30. The first-order chi connectivity index (χ1) is 9.15. The van der Waals surface area contributed by atoms with Crippen LogP contribution in [-0.2, 0) is 0 Å². The third-order valence-corrected chi connectivity index (χ3v) is 3.98. The SMILES string of the molecule is CCN(c1c(N)cccc1C(N)=O)C1CCCCC1. The molecule has 2 rings (SSSR count). The van der Waals surface area contributed by atoms with E-state index in [1.807, 2.05) is 6.07 Å². The highest BCUT2D eigenvalue weighted by molar-refractivity contribution is 6.01. The van der Waals surface area contributed by atoms with Crippen molar-refractivity contribution in [1.82, 2.24) is 0 Å². The molecule has 1 aromatic carbocycles. The smallest absolute Gasteiger partial charge is 0.250 e. The van der Waals surface area contributed by atoms with Crippen LogP contribution in [0.5, 0.6) is 0 Å². The summed E-state index contributed by atoms with van der Waals surface area (Å²) < 4.78 is 0. The molecule has 104 valence electrons. The van der Waals surface area contributed by atoms with Gasteiger partial charge in [-0.05, 0) is 31.9 Å². The summed E-state index contributed by atoms with van der Waals surface area (Å²) >= 11 is 0. The molecule has 1 aliphatic rings. The summed E-state index contributed by atoms with van der Waals surface area (Å²) in [6.45, 7) is 2.95. The van der Waals surface area contributed by atoms with Gasteiger partial charge >= 0.3 is 0 Å². The topological polar surface area (TPSA) is 72.3 Å². The first kappa shape index (κ1) is 13.7. The number of anilines is 2. The molecule has 0 bridgehead atoms. The molecule has 0 unspecified atom stereocenters. The maximum atomic E-state index is 11.6. The molecule has 0 heterocycles. The number of nitrogen functional groups attached to an aromatic ring is 1. The number of carbonyl (C=O) groups excluding carboxylic acids is 1. The summed E-state index contributed by atoms with van der Waals surface area (Å²) in [6.07, 6.45) is 6.14. The second-order valence-corrected chi connectivity index (χ2v) is 5.19. The fourth-order valence-corrected chi connectivity index (χ4v) is 3.07. The van der Waals surface area contributed by atoms with Gasteiger partial charge in [-0.15, -0.1) is 0 Å². The van der Waals surface area contributed by atoms with E-state index in [9.17, 15) is 4.79 Å². The van der Waals surface area contributed by atoms with Crippen molar-refractivity contribution in [2.45, 2.75) is 45.1 Å². The molecule has 1 aromatic rings. The lowest BCUT2D eigenvalue weighted by molar-refractivity contribution is 0.100. The van der Waals surface area contributed by atoms with Gasteiger partial charge in [0.2, 0.25) is 0 Å². The molecule has 0 aromatic heterocycles. The van der Waals surface area contributed by atoms with E-state index in [1.54, 1.807) is 12.1 Å². The number of hydrogen-bond acceptors (Lipinski definition) is 3. The Hall–Kier alpha value is -1.71. The van der Waals surface area contributed by atoms with Crippen molar-refractivity contribution in [3.8, 4) is 0 Å². The predicted molar refractivity (Wildman–Crippen MR) is 79.3 cm³/mol. The Balaban J connectivity index is 2.39. The van der Waals surface area contributed by atoms with E-state index in [-0.39, 0.29) is 0 Å². The van der Waals surface area contributed by atoms with Gasteiger partial charge < -0.3 is 16.4 Å². The quantitative estimate of drug-likeness (QED) is 0.818. The van der Waals surface area contributed by atoms with Crippen LogP contribution in [0.15, 0.2) is 18.2 Å². The van der Waals surface area contributed by atoms with Crippen molar-refractivity contribution >= 4 is 17.3 Å². The summed E-state index contributed by atoms with van der Waals surface area (Å²) in [7, 11) is 0. The van der Waals surface area contributed by atoms with Crippen molar-refractivity contribution in [1.29, 1.82) is 0 Å². The zero-order valence-corrected chi connectivity index (χ0v) is 11.6. The number of benzene rings is 1. The third kappa shape index (κ3) is 2.83. The van der Waals surface area contributed by atoms with Gasteiger partial charge in [0.25, 0.3) is 5.91 Å². The Morgan fingerprint density at radius 2 is 2.00 bits per heavy atom. The van der Waals surface area contributed by atoms with Crippen molar-refractivity contribution in [2.24, 2.45) is 5.73 Å². The van der Waals surface area contributed by atoms with Gasteiger partial charge in [0.05, 0.1) is 16.9 Å². The molecule has 1 aliphatic carbocycles. The number of hydrogen-bond donors (Lipinski definition) is 2. The van der Waals surface area contributed by atoms with Gasteiger partial charge in [-0.1, -0.05) is 25.3 Å². The highest BCUT2D eigenvalue weighted by Crippen LogP contribution is 2.33. The molecule has 4 N–H and O–H groups in total. The fourth-order valence-electron chi connectivity index (χ4n) is 3.07. The van der Waals surface area contributed by atoms with E-state index in [4.69, 9.17) is 11.5 Å². The Bertz CT molecular complexity index is 453. The number of nitrogens with two attached hydrogens (primary N) is 2. The lowest BCUT2D eigenvalue weighted by Crippen LogP contribution is -2.38. The average Bonchev–Trinajstić information content (AvgIpc) is 2.42. The van der Waals surface area contributed by atoms with Crippen LogP contribution in [0.2, 0.25) is 0 Å². The lowest BCUT2D eigenvalue weighted by Gasteiger charge is -2.37. The van der Waals surface area contributed by atoms with E-state index in [2.05, 4.69) is 11.8 Å². The molecule has 0 spiro atoms. The van der Waals surface area contributed by atoms with Gasteiger partial charge in [-0.25, -0.2) is 0 Å². The van der Waals surface area contributed by atoms with E-state index in [0.29, 0.717) is 17.3 Å². The third-order valence-electron chi connectivity index (χ3n) is 3.98. The van der Waals surface area contributed by atoms with E-state index < -0.39 is 5.91 Å². The largest absolute Gasteiger partial charge is 0.397 e. The normalized spacial score (nSPS) is 16.3. The number of carbonyl (C=O) groups is 1. The van der Waals surface area contributed by atoms with Crippen molar-refractivity contribution in [3.05, 3.63) is 23.8 Å². The first-order valence-corrected chi connectivity index (χ1v) is 7.10. The van der Waals surface area contributed by atoms with Crippen LogP contribution in [0, 0.1) is 0 Å². The lowest BCUT2D eigenvalue weighted by atomic mass is 9.93. The second kappa shape index (κ2) is 5.95. The average molecular weight is 261 g/mol. The summed E-state index contributed by atoms with van der Waals surface area (Å²) in [6, 6.07) is 5.86. The minimum Gasteiger partial charge on any atom is -0.397 e. The molecule has 4 heteroatoms. The van der Waals surface area contributed by atoms with E-state index in [0.717, 1.165) is 12.2 Å². The Labute approximate surface area is 114 Å². The molecular formula is C15H23N3O. The van der Waals surface area contributed by atoms with Crippen LogP contribution in [0.3, 0.4) is 0 Å². The van der Waals surface area contributed by atoms with Crippen LogP contribution in [0.4, 0.5) is 11.4 Å². The second-order valence-electron chi connectivity index (χ2n) is 5.19. The Morgan fingerprint density at radius 1 is 1.32 bits per heavy atom. The van der Waals surface area contributed by atoms with Crippen molar-refractivity contribution in [2.75, 3.05) is 17.2 Å². The molecule has 0 aliphatic heterocycles. The van der Waals surface area contributed by atoms with Crippen LogP contribution in [-0.4, -0.2) is 18.5 Å². The van der Waals surface area contributed by atoms with Crippen molar-refractivity contribution < 1.29 is 4.79 Å². The minimum absolute atomic E-state index is 0.406. The van der Waals surface area contributed by atoms with Crippen LogP contribution in [0.1, 0.15) is 49.4 Å². The molecule has 0 atom stereocenters. The summed E-state index contributed by atoms with van der Waals surface area (Å²) in [5.74, 6) is -0.406. The number of nitrogens with zero attached hydrogens (tertiary/aromatic N) is 1. The van der Waals surface area contributed by atoms with Gasteiger partial charge in [0, 0.05) is 12.6 Å². The number of primary amides is 1. The molecule has 1 saturated carbocycles. The highest BCUT2D eigenvalue weighted by atomic mass is 16.1. The first-order valence-electron chi connectivity index (χ1n) is 7.10. The molecule has 0 radical (unpaired) electrons. The van der Waals surface area contributed by atoms with Crippen molar-refractivity contribution in [3.63, 3.8) is 0 Å². The molecular weight excluding hydrogens is 238 g/mol.